The van der Waals surface area contributed by atoms with Crippen LogP contribution in [0.25, 0.3) is 11.4 Å². The molecule has 7 heteroatoms. The molecule has 4 N–H and O–H groups in total. The number of phenols is 1. The Balaban J connectivity index is 1.86. The lowest BCUT2D eigenvalue weighted by molar-refractivity contribution is 0.287. The number of phenolic OH excluding ortho intramolecular Hbond substituents is 1. The molecule has 0 spiro atoms. The molecule has 0 aliphatic carbocycles. The van der Waals surface area contributed by atoms with Gasteiger partial charge in [-0.1, -0.05) is 6.07 Å². The van der Waals surface area contributed by atoms with Crippen molar-refractivity contribution in [3.05, 3.63) is 53.9 Å². The van der Waals surface area contributed by atoms with E-state index in [4.69, 9.17) is 15.2 Å². The van der Waals surface area contributed by atoms with Gasteiger partial charge in [0.05, 0.1) is 19.3 Å². The van der Waals surface area contributed by atoms with Crippen LogP contribution in [-0.2, 0) is 0 Å². The first-order chi connectivity index (χ1) is 12.6. The van der Waals surface area contributed by atoms with Crippen molar-refractivity contribution in [2.75, 3.05) is 13.2 Å². The predicted molar refractivity (Wildman–Crippen MR) is 98.3 cm³/mol. The SMILES string of the molecule is CCOc1ccc([C@@H](N)c2nc(-c3ccc(O)cc3)n[nH]2)cc1OCC. The minimum Gasteiger partial charge on any atom is -0.508 e. The van der Waals surface area contributed by atoms with Crippen LogP contribution in [0, 0.1) is 0 Å². The van der Waals surface area contributed by atoms with Crippen molar-refractivity contribution in [1.82, 2.24) is 15.2 Å². The van der Waals surface area contributed by atoms with Crippen LogP contribution < -0.4 is 15.2 Å². The maximum Gasteiger partial charge on any atom is 0.181 e. The molecule has 7 nitrogen and oxygen atoms in total. The molecule has 136 valence electrons. The Kier molecular flexibility index (Phi) is 5.38. The van der Waals surface area contributed by atoms with Gasteiger partial charge in [0.15, 0.2) is 17.3 Å². The number of hydrogen-bond donors (Lipinski definition) is 3. The Bertz CT molecular complexity index is 861. The smallest absolute Gasteiger partial charge is 0.181 e. The lowest BCUT2D eigenvalue weighted by Gasteiger charge is -2.14. The molecule has 0 amide bonds. The number of nitrogens with zero attached hydrogens (tertiary/aromatic N) is 2. The van der Waals surface area contributed by atoms with Crippen LogP contribution in [0.2, 0.25) is 0 Å². The van der Waals surface area contributed by atoms with Gasteiger partial charge in [0.25, 0.3) is 0 Å². The number of nitrogens with two attached hydrogens (primary N) is 1. The highest BCUT2D eigenvalue weighted by Crippen LogP contribution is 2.31. The van der Waals surface area contributed by atoms with Crippen LogP contribution in [0.3, 0.4) is 0 Å². The molecule has 0 saturated heterocycles. The molecule has 3 rings (SSSR count). The van der Waals surface area contributed by atoms with Gasteiger partial charge in [-0.3, -0.25) is 5.10 Å². The second kappa shape index (κ2) is 7.88. The summed E-state index contributed by atoms with van der Waals surface area (Å²) in [6, 6.07) is 11.8. The monoisotopic (exact) mass is 354 g/mol. The molecular weight excluding hydrogens is 332 g/mol. The highest BCUT2D eigenvalue weighted by molar-refractivity contribution is 5.56. The van der Waals surface area contributed by atoms with Gasteiger partial charge in [-0.05, 0) is 55.8 Å². The molecule has 0 fully saturated rings. The number of aromatic nitrogens is 3. The number of nitrogens with one attached hydrogen (secondary N) is 1. The maximum atomic E-state index is 9.39. The predicted octanol–water partition coefficient (Wildman–Crippen LogP) is 3.02. The number of benzene rings is 2. The van der Waals surface area contributed by atoms with E-state index in [1.165, 1.54) is 0 Å². The van der Waals surface area contributed by atoms with Crippen LogP contribution >= 0.6 is 0 Å². The van der Waals surface area contributed by atoms with Gasteiger partial charge in [0, 0.05) is 5.56 Å². The van der Waals surface area contributed by atoms with E-state index < -0.39 is 6.04 Å². The van der Waals surface area contributed by atoms with Gasteiger partial charge in [0.2, 0.25) is 0 Å². The van der Waals surface area contributed by atoms with Gasteiger partial charge in [-0.25, -0.2) is 4.98 Å². The van der Waals surface area contributed by atoms with Crippen molar-refractivity contribution < 1.29 is 14.6 Å². The molecular formula is C19H22N4O3. The van der Waals surface area contributed by atoms with Crippen molar-refractivity contribution in [2.24, 2.45) is 5.73 Å². The van der Waals surface area contributed by atoms with Crippen molar-refractivity contribution in [1.29, 1.82) is 0 Å². The van der Waals surface area contributed by atoms with Crippen LogP contribution in [0.1, 0.15) is 31.3 Å². The van der Waals surface area contributed by atoms with Gasteiger partial charge >= 0.3 is 0 Å². The molecule has 0 aliphatic heterocycles. The van der Waals surface area contributed by atoms with Crippen molar-refractivity contribution in [3.63, 3.8) is 0 Å². The molecule has 0 saturated carbocycles. The number of H-pyrrole nitrogens is 1. The summed E-state index contributed by atoms with van der Waals surface area (Å²) in [5, 5.41) is 16.5. The van der Waals surface area contributed by atoms with E-state index in [0.717, 1.165) is 11.1 Å². The first kappa shape index (κ1) is 17.8. The van der Waals surface area contributed by atoms with Gasteiger partial charge < -0.3 is 20.3 Å². The molecule has 1 aromatic heterocycles. The van der Waals surface area contributed by atoms with E-state index in [-0.39, 0.29) is 5.75 Å². The maximum absolute atomic E-state index is 9.39. The fraction of sp³-hybridized carbons (Fsp3) is 0.263. The highest BCUT2D eigenvalue weighted by atomic mass is 16.5. The topological polar surface area (TPSA) is 106 Å². The molecule has 0 radical (unpaired) electrons. The number of aromatic amines is 1. The Morgan fingerprint density at radius 1 is 1.04 bits per heavy atom. The van der Waals surface area contributed by atoms with Gasteiger partial charge in [0.1, 0.15) is 11.6 Å². The number of rotatable bonds is 7. The Morgan fingerprint density at radius 3 is 2.42 bits per heavy atom. The van der Waals surface area contributed by atoms with Crippen LogP contribution in [-0.4, -0.2) is 33.5 Å². The van der Waals surface area contributed by atoms with Crippen LogP contribution in [0.5, 0.6) is 17.2 Å². The number of ether oxygens (including phenoxy) is 2. The first-order valence-electron chi connectivity index (χ1n) is 8.49. The largest absolute Gasteiger partial charge is 0.508 e. The third-order valence-electron chi connectivity index (χ3n) is 3.85. The summed E-state index contributed by atoms with van der Waals surface area (Å²) in [4.78, 5) is 4.48. The third-order valence-corrected chi connectivity index (χ3v) is 3.85. The molecule has 1 heterocycles. The quantitative estimate of drug-likeness (QED) is 0.602. The lowest BCUT2D eigenvalue weighted by Crippen LogP contribution is -2.14. The fourth-order valence-corrected chi connectivity index (χ4v) is 2.57. The summed E-state index contributed by atoms with van der Waals surface area (Å²) in [6.07, 6.45) is 0. The zero-order valence-corrected chi connectivity index (χ0v) is 14.8. The van der Waals surface area contributed by atoms with Gasteiger partial charge in [-0.15, -0.1) is 0 Å². The fourth-order valence-electron chi connectivity index (χ4n) is 2.57. The number of aromatic hydroxyl groups is 1. The van der Waals surface area contributed by atoms with E-state index in [1.54, 1.807) is 24.3 Å². The highest BCUT2D eigenvalue weighted by Gasteiger charge is 2.17. The van der Waals surface area contributed by atoms with Gasteiger partial charge in [-0.2, -0.15) is 5.10 Å². The van der Waals surface area contributed by atoms with Crippen LogP contribution in [0.15, 0.2) is 42.5 Å². The minimum atomic E-state index is -0.483. The average molecular weight is 354 g/mol. The van der Waals surface area contributed by atoms with E-state index in [1.807, 2.05) is 32.0 Å². The standard InChI is InChI=1S/C19H22N4O3/c1-3-25-15-10-7-13(11-16(15)26-4-2)17(20)19-21-18(22-23-19)12-5-8-14(24)9-6-12/h5-11,17,24H,3-4,20H2,1-2H3,(H,21,22,23)/t17-/m1/s1. The number of hydrogen-bond acceptors (Lipinski definition) is 6. The molecule has 2 aromatic carbocycles. The summed E-state index contributed by atoms with van der Waals surface area (Å²) >= 11 is 0. The molecule has 0 bridgehead atoms. The Morgan fingerprint density at radius 2 is 1.73 bits per heavy atom. The third kappa shape index (κ3) is 3.78. The molecule has 26 heavy (non-hydrogen) atoms. The van der Waals surface area contributed by atoms with E-state index in [9.17, 15) is 5.11 Å². The van der Waals surface area contributed by atoms with E-state index in [2.05, 4.69) is 15.2 Å². The van der Waals surface area contributed by atoms with Crippen molar-refractivity contribution in [3.8, 4) is 28.6 Å². The van der Waals surface area contributed by atoms with E-state index in [0.29, 0.717) is 36.4 Å². The second-order valence-corrected chi connectivity index (χ2v) is 5.64. The Hall–Kier alpha value is -3.06. The van der Waals surface area contributed by atoms with E-state index >= 15 is 0 Å². The molecule has 0 unspecified atom stereocenters. The summed E-state index contributed by atoms with van der Waals surface area (Å²) in [5.41, 5.74) is 7.98. The second-order valence-electron chi connectivity index (χ2n) is 5.64. The zero-order chi connectivity index (χ0) is 18.5. The Labute approximate surface area is 151 Å². The van der Waals surface area contributed by atoms with Crippen molar-refractivity contribution in [2.45, 2.75) is 19.9 Å². The molecule has 1 atom stereocenters. The average Bonchev–Trinajstić information content (AvgIpc) is 3.13. The zero-order valence-electron chi connectivity index (χ0n) is 14.8. The lowest BCUT2D eigenvalue weighted by atomic mass is 10.1. The summed E-state index contributed by atoms with van der Waals surface area (Å²) in [5.74, 6) is 2.60. The summed E-state index contributed by atoms with van der Waals surface area (Å²) in [7, 11) is 0. The minimum absolute atomic E-state index is 0.194. The normalized spacial score (nSPS) is 12.0. The van der Waals surface area contributed by atoms with Crippen LogP contribution in [0.4, 0.5) is 0 Å². The van der Waals surface area contributed by atoms with Crippen molar-refractivity contribution >= 4 is 0 Å². The molecule has 0 aliphatic rings. The first-order valence-corrected chi connectivity index (χ1v) is 8.49. The molecule has 3 aromatic rings. The summed E-state index contributed by atoms with van der Waals surface area (Å²) < 4.78 is 11.2. The summed E-state index contributed by atoms with van der Waals surface area (Å²) in [6.45, 7) is 4.94.